The Balaban J connectivity index is 0.000000339. The van der Waals surface area contributed by atoms with Crippen molar-refractivity contribution in [2.24, 2.45) is 11.3 Å². The van der Waals surface area contributed by atoms with Gasteiger partial charge in [-0.05, 0) is 19.1 Å². The molecule has 2 aliphatic rings. The second-order valence-corrected chi connectivity index (χ2v) is 8.45. The summed E-state index contributed by atoms with van der Waals surface area (Å²) < 4.78 is 37.5. The van der Waals surface area contributed by atoms with E-state index in [-0.39, 0.29) is 11.3 Å². The van der Waals surface area contributed by atoms with Crippen LogP contribution in [0.15, 0.2) is 24.5 Å². The molecule has 2 N–H and O–H groups in total. The van der Waals surface area contributed by atoms with Gasteiger partial charge in [0.15, 0.2) is 0 Å². The van der Waals surface area contributed by atoms with Crippen LogP contribution in [0.5, 0.6) is 0 Å². The third-order valence-corrected chi connectivity index (χ3v) is 5.97. The summed E-state index contributed by atoms with van der Waals surface area (Å²) >= 11 is 1.61. The van der Waals surface area contributed by atoms with Crippen LogP contribution in [0.25, 0.3) is 0 Å². The topological polar surface area (TPSA) is 118 Å². The van der Waals surface area contributed by atoms with E-state index in [1.54, 1.807) is 35.9 Å². The molecule has 2 aliphatic heterocycles. The smallest absolute Gasteiger partial charge is 0.475 e. The number of aryl methyl sites for hydroxylation is 1. The number of nitrogens with one attached hydrogen (secondary N) is 1. The Labute approximate surface area is 179 Å². The molecule has 0 aliphatic carbocycles. The quantitative estimate of drug-likeness (QED) is 0.710. The number of anilines is 1. The number of fused-ring (bicyclic) bond motifs is 1. The van der Waals surface area contributed by atoms with Gasteiger partial charge < -0.3 is 20.1 Å². The first-order valence-corrected chi connectivity index (χ1v) is 10.0. The highest BCUT2D eigenvalue weighted by atomic mass is 32.1. The van der Waals surface area contributed by atoms with E-state index in [9.17, 15) is 18.0 Å². The van der Waals surface area contributed by atoms with Crippen molar-refractivity contribution in [3.8, 4) is 0 Å². The Morgan fingerprint density at radius 1 is 1.42 bits per heavy atom. The average Bonchev–Trinajstić information content (AvgIpc) is 3.40. The van der Waals surface area contributed by atoms with E-state index in [1.807, 2.05) is 6.92 Å². The normalized spacial score (nSPS) is 22.5. The lowest BCUT2D eigenvalue weighted by Crippen LogP contribution is -2.43. The van der Waals surface area contributed by atoms with Gasteiger partial charge >= 0.3 is 12.1 Å². The predicted octanol–water partition coefficient (Wildman–Crippen LogP) is 1.76. The van der Waals surface area contributed by atoms with Crippen LogP contribution >= 0.6 is 11.3 Å². The van der Waals surface area contributed by atoms with Gasteiger partial charge in [-0.3, -0.25) is 9.78 Å². The van der Waals surface area contributed by atoms with Crippen molar-refractivity contribution >= 4 is 28.3 Å². The van der Waals surface area contributed by atoms with Crippen molar-refractivity contribution in [2.45, 2.75) is 13.1 Å². The van der Waals surface area contributed by atoms with Crippen molar-refractivity contribution < 1.29 is 32.6 Å². The molecule has 168 valence electrons. The van der Waals surface area contributed by atoms with Gasteiger partial charge in [0.1, 0.15) is 5.01 Å². The molecule has 0 unspecified atom stereocenters. The number of carboxylic acid groups (broad SMARTS) is 1. The number of nitrogens with zero attached hydrogens (tertiary/aromatic N) is 4. The second-order valence-electron chi connectivity index (χ2n) is 7.29. The van der Waals surface area contributed by atoms with E-state index >= 15 is 0 Å². The monoisotopic (exact) mass is 459 g/mol. The summed E-state index contributed by atoms with van der Waals surface area (Å²) in [4.78, 5) is 27.5. The number of alkyl halides is 3. The van der Waals surface area contributed by atoms with Crippen molar-refractivity contribution in [1.29, 1.82) is 0 Å². The number of carboxylic acids is 1. The fourth-order valence-electron chi connectivity index (χ4n) is 3.50. The Hall–Kier alpha value is -2.80. The van der Waals surface area contributed by atoms with Crippen LogP contribution in [0.3, 0.4) is 0 Å². The van der Waals surface area contributed by atoms with Crippen molar-refractivity contribution in [3.05, 3.63) is 35.1 Å². The highest BCUT2D eigenvalue weighted by molar-refractivity contribution is 7.15. The van der Waals surface area contributed by atoms with Crippen LogP contribution in [-0.2, 0) is 9.53 Å². The molecule has 13 heteroatoms. The number of hydrogen-bond acceptors (Lipinski definition) is 8. The SMILES string of the molecule is Cc1nnc(N2C[C@@H]3COC[C@]3(CNC(=O)c3cccnc3)C2)s1.O=C(O)C(F)(F)F. The van der Waals surface area contributed by atoms with Gasteiger partial charge in [-0.15, -0.1) is 10.2 Å². The zero-order valence-electron chi connectivity index (χ0n) is 16.4. The molecule has 4 rings (SSSR count). The largest absolute Gasteiger partial charge is 0.490 e. The summed E-state index contributed by atoms with van der Waals surface area (Å²) in [7, 11) is 0. The summed E-state index contributed by atoms with van der Waals surface area (Å²) in [6, 6.07) is 3.54. The predicted molar refractivity (Wildman–Crippen MR) is 104 cm³/mol. The molecule has 2 fully saturated rings. The average molecular weight is 459 g/mol. The maximum atomic E-state index is 12.3. The maximum Gasteiger partial charge on any atom is 0.490 e. The number of carbonyl (C=O) groups is 2. The molecule has 0 radical (unpaired) electrons. The maximum absolute atomic E-state index is 12.3. The fraction of sp³-hybridized carbons (Fsp3) is 0.500. The lowest BCUT2D eigenvalue weighted by Gasteiger charge is -2.27. The van der Waals surface area contributed by atoms with E-state index in [2.05, 4.69) is 25.4 Å². The van der Waals surface area contributed by atoms with E-state index in [0.717, 1.165) is 29.8 Å². The number of rotatable bonds is 4. The molecule has 0 spiro atoms. The molecule has 0 saturated carbocycles. The van der Waals surface area contributed by atoms with Crippen molar-refractivity contribution in [2.75, 3.05) is 37.7 Å². The lowest BCUT2D eigenvalue weighted by molar-refractivity contribution is -0.192. The Kier molecular flexibility index (Phi) is 6.74. The number of ether oxygens (including phenoxy) is 1. The molecule has 2 atom stereocenters. The van der Waals surface area contributed by atoms with Gasteiger partial charge in [0.25, 0.3) is 5.91 Å². The number of aromatic nitrogens is 3. The lowest BCUT2D eigenvalue weighted by atomic mass is 9.81. The van der Waals surface area contributed by atoms with Crippen LogP contribution in [0.2, 0.25) is 0 Å². The molecule has 0 aromatic carbocycles. The van der Waals surface area contributed by atoms with E-state index < -0.39 is 12.1 Å². The summed E-state index contributed by atoms with van der Waals surface area (Å²) in [5.74, 6) is -2.45. The van der Waals surface area contributed by atoms with Crippen LogP contribution < -0.4 is 10.2 Å². The molecule has 0 bridgehead atoms. The van der Waals surface area contributed by atoms with Gasteiger partial charge in [-0.25, -0.2) is 4.79 Å². The summed E-state index contributed by atoms with van der Waals surface area (Å²) in [5, 5.41) is 20.5. The highest BCUT2D eigenvalue weighted by Crippen LogP contribution is 2.43. The first kappa shape index (κ1) is 22.9. The van der Waals surface area contributed by atoms with Crippen LogP contribution in [0, 0.1) is 18.3 Å². The number of hydrogen-bond donors (Lipinski definition) is 2. The van der Waals surface area contributed by atoms with Gasteiger partial charge in [0, 0.05) is 43.4 Å². The van der Waals surface area contributed by atoms with Gasteiger partial charge in [-0.2, -0.15) is 13.2 Å². The van der Waals surface area contributed by atoms with Crippen LogP contribution in [0.4, 0.5) is 18.3 Å². The number of halogens is 3. The van der Waals surface area contributed by atoms with Crippen molar-refractivity contribution in [3.63, 3.8) is 0 Å². The summed E-state index contributed by atoms with van der Waals surface area (Å²) in [6.45, 7) is 5.69. The minimum Gasteiger partial charge on any atom is -0.475 e. The standard InChI is InChI=1S/C16H19N5O2S.C2HF3O2/c1-11-19-20-15(24-11)21-6-13-7-23-10-16(13,9-21)8-18-14(22)12-3-2-4-17-5-12;3-2(4,5)1(6)7/h2-5,13H,6-10H2,1H3,(H,18,22);(H,6,7)/t13-,16+;/m1./s1. The summed E-state index contributed by atoms with van der Waals surface area (Å²) in [5.41, 5.74) is 0.524. The molecule has 2 aromatic rings. The van der Waals surface area contributed by atoms with Gasteiger partial charge in [-0.1, -0.05) is 11.3 Å². The number of pyridine rings is 1. The van der Waals surface area contributed by atoms with Gasteiger partial charge in [0.2, 0.25) is 5.13 Å². The molecular formula is C18H20F3N5O4S. The minimum atomic E-state index is -5.08. The summed E-state index contributed by atoms with van der Waals surface area (Å²) in [6.07, 6.45) is -1.84. The molecule has 31 heavy (non-hydrogen) atoms. The third-order valence-electron chi connectivity index (χ3n) is 5.07. The fourth-order valence-corrected chi connectivity index (χ4v) is 4.19. The first-order chi connectivity index (χ1) is 14.6. The number of amides is 1. The number of aliphatic carboxylic acids is 1. The van der Waals surface area contributed by atoms with Crippen LogP contribution in [-0.4, -0.2) is 71.2 Å². The Bertz CT molecular complexity index is 926. The first-order valence-electron chi connectivity index (χ1n) is 9.22. The zero-order valence-corrected chi connectivity index (χ0v) is 17.2. The second kappa shape index (κ2) is 9.14. The molecule has 9 nitrogen and oxygen atoms in total. The van der Waals surface area contributed by atoms with E-state index in [1.165, 1.54) is 0 Å². The molecule has 2 saturated heterocycles. The van der Waals surface area contributed by atoms with E-state index in [4.69, 9.17) is 14.6 Å². The molecular weight excluding hydrogens is 439 g/mol. The van der Waals surface area contributed by atoms with Gasteiger partial charge in [0.05, 0.1) is 18.8 Å². The molecule has 2 aromatic heterocycles. The molecule has 1 amide bonds. The number of carbonyl (C=O) groups excluding carboxylic acids is 1. The third kappa shape index (κ3) is 5.47. The van der Waals surface area contributed by atoms with E-state index in [0.29, 0.717) is 24.6 Å². The van der Waals surface area contributed by atoms with Crippen molar-refractivity contribution in [1.82, 2.24) is 20.5 Å². The van der Waals surface area contributed by atoms with Crippen LogP contribution in [0.1, 0.15) is 15.4 Å². The Morgan fingerprint density at radius 3 is 2.74 bits per heavy atom. The minimum absolute atomic E-state index is 0.0581. The highest BCUT2D eigenvalue weighted by Gasteiger charge is 2.51. The molecule has 4 heterocycles. The zero-order chi connectivity index (χ0) is 22.6. The Morgan fingerprint density at radius 2 is 2.16 bits per heavy atom.